The molecular weight excluding hydrogens is 574 g/mol. The molecule has 2 aliphatic rings. The molecule has 1 saturated heterocycles. The number of nitrogens with zero attached hydrogens (tertiary/aromatic N) is 7. The van der Waals surface area contributed by atoms with Gasteiger partial charge in [-0.2, -0.15) is 10.1 Å². The summed E-state index contributed by atoms with van der Waals surface area (Å²) in [4.78, 5) is 36.5. The maximum Gasteiger partial charge on any atom is 0.238 e. The zero-order valence-corrected chi connectivity index (χ0v) is 25.4. The minimum atomic E-state index is -0.103. The lowest BCUT2D eigenvalue weighted by Crippen LogP contribution is -2.33. The first-order valence-corrected chi connectivity index (χ1v) is 15.0. The Bertz CT molecular complexity index is 1830. The van der Waals surface area contributed by atoms with Gasteiger partial charge in [0, 0.05) is 67.3 Å². The van der Waals surface area contributed by atoms with E-state index in [-0.39, 0.29) is 18.6 Å². The smallest absolute Gasteiger partial charge is 0.238 e. The van der Waals surface area contributed by atoms with Crippen molar-refractivity contribution in [2.75, 3.05) is 42.7 Å². The highest BCUT2D eigenvalue weighted by atomic mass is 16.5. The number of benzene rings is 1. The second-order valence-electron chi connectivity index (χ2n) is 11.4. The summed E-state index contributed by atoms with van der Waals surface area (Å²) in [5, 5.41) is 14.9. The van der Waals surface area contributed by atoms with Gasteiger partial charge < -0.3 is 30.4 Å². The van der Waals surface area contributed by atoms with Crippen molar-refractivity contribution in [1.29, 1.82) is 0 Å². The van der Waals surface area contributed by atoms with Gasteiger partial charge in [0.15, 0.2) is 11.6 Å². The van der Waals surface area contributed by atoms with E-state index in [0.717, 1.165) is 48.0 Å². The molecule has 1 aliphatic carbocycles. The molecule has 1 aliphatic heterocycles. The number of anilines is 4. The summed E-state index contributed by atoms with van der Waals surface area (Å²) in [6.45, 7) is 3.63. The summed E-state index contributed by atoms with van der Waals surface area (Å²) in [6, 6.07) is 9.93. The van der Waals surface area contributed by atoms with Crippen molar-refractivity contribution in [3.63, 3.8) is 0 Å². The monoisotopic (exact) mass is 609 g/mol. The van der Waals surface area contributed by atoms with Crippen molar-refractivity contribution >= 4 is 40.2 Å². The van der Waals surface area contributed by atoms with E-state index >= 15 is 0 Å². The van der Waals surface area contributed by atoms with Gasteiger partial charge in [-0.1, -0.05) is 12.1 Å². The number of rotatable bonds is 11. The third-order valence-electron chi connectivity index (χ3n) is 8.00. The van der Waals surface area contributed by atoms with Gasteiger partial charge in [0.2, 0.25) is 23.7 Å². The van der Waals surface area contributed by atoms with Crippen molar-refractivity contribution in [1.82, 2.24) is 39.6 Å². The van der Waals surface area contributed by atoms with Gasteiger partial charge >= 0.3 is 0 Å². The molecule has 0 unspecified atom stereocenters. The van der Waals surface area contributed by atoms with Crippen LogP contribution in [0.5, 0.6) is 11.6 Å². The van der Waals surface area contributed by atoms with E-state index in [4.69, 9.17) is 14.5 Å². The van der Waals surface area contributed by atoms with Crippen LogP contribution in [0.15, 0.2) is 48.9 Å². The summed E-state index contributed by atoms with van der Waals surface area (Å²) in [7, 11) is 3.47. The Kier molecular flexibility index (Phi) is 7.63. The molecule has 14 heteroatoms. The van der Waals surface area contributed by atoms with E-state index in [1.165, 1.54) is 0 Å². The van der Waals surface area contributed by atoms with Crippen LogP contribution >= 0.6 is 0 Å². The lowest BCUT2D eigenvalue weighted by Gasteiger charge is -2.17. The van der Waals surface area contributed by atoms with Gasteiger partial charge in [-0.05, 0) is 32.3 Å². The Morgan fingerprint density at radius 1 is 1.13 bits per heavy atom. The van der Waals surface area contributed by atoms with E-state index in [9.17, 15) is 4.79 Å². The van der Waals surface area contributed by atoms with Crippen molar-refractivity contribution in [2.24, 2.45) is 7.05 Å². The van der Waals surface area contributed by atoms with Crippen LogP contribution in [-0.4, -0.2) is 84.4 Å². The van der Waals surface area contributed by atoms with Crippen molar-refractivity contribution in [3.8, 4) is 22.9 Å². The van der Waals surface area contributed by atoms with Crippen LogP contribution in [0.2, 0.25) is 0 Å². The zero-order chi connectivity index (χ0) is 30.9. The number of amides is 1. The average Bonchev–Trinajstić information content (AvgIpc) is 3.40. The predicted molar refractivity (Wildman–Crippen MR) is 170 cm³/mol. The summed E-state index contributed by atoms with van der Waals surface area (Å²) >= 11 is 0. The van der Waals surface area contributed by atoms with Gasteiger partial charge in [0.1, 0.15) is 11.8 Å². The highest BCUT2D eigenvalue weighted by molar-refractivity contribution is 6.06. The van der Waals surface area contributed by atoms with E-state index in [1.54, 1.807) is 30.3 Å². The predicted octanol–water partition coefficient (Wildman–Crippen LogP) is 3.88. The number of likely N-dealkylation sites (tertiary alicyclic amines) is 1. The molecule has 4 N–H and O–H groups in total. The highest BCUT2D eigenvalue weighted by Gasteiger charge is 2.27. The van der Waals surface area contributed by atoms with Crippen LogP contribution in [0.25, 0.3) is 22.2 Å². The molecule has 5 heterocycles. The molecule has 2 fully saturated rings. The number of carbonyl (C=O) groups excluding carboxylic acids is 1. The molecule has 1 atom stereocenters. The van der Waals surface area contributed by atoms with Gasteiger partial charge in [-0.25, -0.2) is 15.0 Å². The number of nitrogens with one attached hydrogen (secondary N) is 4. The maximum atomic E-state index is 13.2. The third kappa shape index (κ3) is 6.36. The van der Waals surface area contributed by atoms with Crippen molar-refractivity contribution in [2.45, 2.75) is 38.3 Å². The van der Waals surface area contributed by atoms with E-state index in [0.29, 0.717) is 53.3 Å². The van der Waals surface area contributed by atoms with Crippen LogP contribution in [-0.2, 0) is 11.8 Å². The lowest BCUT2D eigenvalue weighted by atomic mass is 10.1. The molecule has 0 bridgehead atoms. The van der Waals surface area contributed by atoms with Crippen LogP contribution in [0, 0.1) is 6.92 Å². The molecule has 1 amide bonds. The molecule has 1 aromatic carbocycles. The Morgan fingerprint density at radius 3 is 2.82 bits per heavy atom. The molecular formula is C31H35N11O3. The van der Waals surface area contributed by atoms with E-state index < -0.39 is 0 Å². The van der Waals surface area contributed by atoms with E-state index in [1.807, 2.05) is 44.4 Å². The summed E-state index contributed by atoms with van der Waals surface area (Å²) < 4.78 is 13.5. The number of carbonyl (C=O) groups is 1. The standard InChI is InChI=1S/C31H35N11O3/c1-18-13-25(40-41(18)2)37-31-34-15-24(44-3)29(39-31)22-14-33-28-21(22)5-4-6-23(28)36-26(43)17-42-12-10-20(16-42)45-27-9-11-32-30(38-27)35-19-7-8-19/h4-6,9,11,13-15,19-20,33H,7-8,10,12,16-17H2,1-3H3,(H,36,43)(H,32,35,38)(H,34,37,39,40)/t20-/m0/s1. The van der Waals surface area contributed by atoms with Crippen LogP contribution in [0.4, 0.5) is 23.4 Å². The molecule has 0 radical (unpaired) electrons. The number of aryl methyl sites for hydroxylation is 2. The fourth-order valence-electron chi connectivity index (χ4n) is 5.45. The van der Waals surface area contributed by atoms with Gasteiger partial charge in [-0.3, -0.25) is 14.4 Å². The number of ether oxygens (including phenoxy) is 2. The van der Waals surface area contributed by atoms with Crippen molar-refractivity contribution in [3.05, 3.63) is 54.6 Å². The lowest BCUT2D eigenvalue weighted by molar-refractivity contribution is -0.117. The second kappa shape index (κ2) is 12.0. The van der Waals surface area contributed by atoms with Crippen LogP contribution in [0.3, 0.4) is 0 Å². The normalized spacial score (nSPS) is 16.6. The molecule has 1 saturated carbocycles. The number of methoxy groups -OCH3 is 1. The Morgan fingerprint density at radius 2 is 2.02 bits per heavy atom. The number of aromatic nitrogens is 7. The third-order valence-corrected chi connectivity index (χ3v) is 8.00. The first-order valence-electron chi connectivity index (χ1n) is 15.0. The van der Waals surface area contributed by atoms with Crippen LogP contribution in [0.1, 0.15) is 25.0 Å². The number of para-hydroxylation sites is 1. The fourth-order valence-corrected chi connectivity index (χ4v) is 5.45. The van der Waals surface area contributed by atoms with Crippen LogP contribution < -0.4 is 25.4 Å². The Hall–Kier alpha value is -5.24. The van der Waals surface area contributed by atoms with Gasteiger partial charge in [0.05, 0.1) is 31.1 Å². The molecule has 45 heavy (non-hydrogen) atoms. The number of aromatic amines is 1. The van der Waals surface area contributed by atoms with Gasteiger partial charge in [-0.15, -0.1) is 0 Å². The largest absolute Gasteiger partial charge is 0.493 e. The molecule has 5 aromatic rings. The second-order valence-corrected chi connectivity index (χ2v) is 11.4. The molecule has 14 nitrogen and oxygen atoms in total. The number of fused-ring (bicyclic) bond motifs is 1. The van der Waals surface area contributed by atoms with Gasteiger partial charge in [0.25, 0.3) is 0 Å². The van der Waals surface area contributed by atoms with E-state index in [2.05, 4.69) is 45.9 Å². The Balaban J connectivity index is 1.02. The first kappa shape index (κ1) is 28.5. The number of hydrogen-bond donors (Lipinski definition) is 4. The first-order chi connectivity index (χ1) is 21.9. The topological polar surface area (TPSA) is 160 Å². The highest BCUT2D eigenvalue weighted by Crippen LogP contribution is 2.36. The summed E-state index contributed by atoms with van der Waals surface area (Å²) in [6.07, 6.45) is 8.27. The molecule has 232 valence electrons. The Labute approximate surface area is 259 Å². The average molecular weight is 610 g/mol. The fraction of sp³-hybridized carbons (Fsp3) is 0.355. The number of H-pyrrole nitrogens is 1. The minimum Gasteiger partial charge on any atom is -0.493 e. The summed E-state index contributed by atoms with van der Waals surface area (Å²) in [5.41, 5.74) is 3.91. The molecule has 7 rings (SSSR count). The quantitative estimate of drug-likeness (QED) is 0.172. The maximum absolute atomic E-state index is 13.2. The zero-order valence-electron chi connectivity index (χ0n) is 25.4. The molecule has 0 spiro atoms. The SMILES string of the molecule is COc1cnc(Nc2cc(C)n(C)n2)nc1-c1c[nH]c2c(NC(=O)CN3CC[C@H](Oc4ccnc(NC5CC5)n4)C3)cccc12. The number of hydrogen-bond acceptors (Lipinski definition) is 11. The minimum absolute atomic E-state index is 0.0419. The summed E-state index contributed by atoms with van der Waals surface area (Å²) in [5.74, 6) is 2.61. The molecule has 4 aromatic heterocycles. The van der Waals surface area contributed by atoms with Crippen molar-refractivity contribution < 1.29 is 14.3 Å².